The molecule has 0 aliphatic rings. The van der Waals surface area contributed by atoms with Crippen molar-refractivity contribution >= 4 is 51.5 Å². The lowest BCUT2D eigenvalue weighted by Gasteiger charge is -2.03. The first-order valence-corrected chi connectivity index (χ1v) is 4.37. The van der Waals surface area contributed by atoms with Crippen molar-refractivity contribution in [3.05, 3.63) is 34.4 Å². The summed E-state index contributed by atoms with van der Waals surface area (Å²) in [7, 11) is 0. The summed E-state index contributed by atoms with van der Waals surface area (Å²) in [5.41, 5.74) is 0.431. The molecular weight excluding hydrogens is 236 g/mol. The molecule has 0 spiro atoms. The maximum atomic E-state index is 9.53. The van der Waals surface area contributed by atoms with Crippen molar-refractivity contribution in [1.29, 1.82) is 0 Å². The molecule has 2 rings (SSSR count). The highest BCUT2D eigenvalue weighted by atomic mass is 35.5. The minimum Gasteiger partial charge on any atom is -0.504 e. The van der Waals surface area contributed by atoms with Crippen molar-refractivity contribution in [2.24, 2.45) is 0 Å². The van der Waals surface area contributed by atoms with Crippen LogP contribution in [0.3, 0.4) is 0 Å². The predicted octanol–water partition coefficient (Wildman–Crippen LogP) is 2.06. The van der Waals surface area contributed by atoms with Crippen molar-refractivity contribution in [2.75, 3.05) is 0 Å². The van der Waals surface area contributed by atoms with Crippen molar-refractivity contribution < 1.29 is 5.11 Å². The highest BCUT2D eigenvalue weighted by Gasteiger charge is 2.08. The summed E-state index contributed by atoms with van der Waals surface area (Å²) in [5, 5.41) is 10.9. The van der Waals surface area contributed by atoms with Gasteiger partial charge in [-0.25, -0.2) is 0 Å². The van der Waals surface area contributed by atoms with Gasteiger partial charge in [0.05, 0.1) is 10.0 Å². The van der Waals surface area contributed by atoms with Gasteiger partial charge in [-0.2, -0.15) is 0 Å². The summed E-state index contributed by atoms with van der Waals surface area (Å²) in [5.74, 6) is -0.0262. The van der Waals surface area contributed by atoms with Crippen molar-refractivity contribution in [3.63, 3.8) is 0 Å². The molecule has 72 valence electrons. The van der Waals surface area contributed by atoms with Gasteiger partial charge in [-0.15, -0.1) is 0 Å². The lowest BCUT2D eigenvalue weighted by atomic mass is 10.2. The maximum absolute atomic E-state index is 9.53. The molecule has 1 aromatic carbocycles. The van der Waals surface area contributed by atoms with Gasteiger partial charge in [-0.05, 0) is 18.2 Å². The number of phenolic OH excluding ortho intramolecular Hbond substituents is 1. The fourth-order valence-electron chi connectivity index (χ4n) is 1.16. The first-order chi connectivity index (χ1) is 6.20. The third kappa shape index (κ3) is 1.82. The van der Waals surface area contributed by atoms with E-state index in [0.29, 0.717) is 15.9 Å². The molecular formula is C9H8AlCl2NO. The van der Waals surface area contributed by atoms with Gasteiger partial charge in [-0.3, -0.25) is 4.98 Å². The van der Waals surface area contributed by atoms with Crippen molar-refractivity contribution in [2.45, 2.75) is 0 Å². The standard InChI is InChI=1S/C9H5Cl2NO.Al.3H/c10-6-4-7(11)9(13)8-5(6)2-1-3-12-8;;;;/h1-4,13H;;;;. The Morgan fingerprint density at radius 1 is 1.21 bits per heavy atom. The molecule has 0 bridgehead atoms. The summed E-state index contributed by atoms with van der Waals surface area (Å²) >= 11 is 11.6. The molecule has 0 unspecified atom stereocenters. The Balaban J connectivity index is 0.000000980. The Kier molecular flexibility index (Phi) is 3.63. The van der Waals surface area contributed by atoms with Crippen molar-refractivity contribution in [1.82, 2.24) is 4.98 Å². The molecule has 5 heteroatoms. The van der Waals surface area contributed by atoms with E-state index in [-0.39, 0.29) is 28.1 Å². The van der Waals surface area contributed by atoms with Crippen LogP contribution in [0.5, 0.6) is 5.75 Å². The van der Waals surface area contributed by atoms with Crippen LogP contribution in [0.15, 0.2) is 24.4 Å². The Morgan fingerprint density at radius 3 is 2.64 bits per heavy atom. The molecule has 0 saturated carbocycles. The third-order valence-electron chi connectivity index (χ3n) is 1.77. The first kappa shape index (κ1) is 11.6. The van der Waals surface area contributed by atoms with Gasteiger partial charge in [0.1, 0.15) is 5.52 Å². The minimum atomic E-state index is -0.0262. The molecule has 2 aromatic rings. The number of hydrogen-bond acceptors (Lipinski definition) is 2. The Labute approximate surface area is 102 Å². The van der Waals surface area contributed by atoms with Crippen LogP contribution < -0.4 is 0 Å². The van der Waals surface area contributed by atoms with Gasteiger partial charge in [0.2, 0.25) is 0 Å². The molecule has 0 atom stereocenters. The summed E-state index contributed by atoms with van der Waals surface area (Å²) < 4.78 is 0. The molecule has 0 aliphatic carbocycles. The lowest BCUT2D eigenvalue weighted by Crippen LogP contribution is -1.80. The number of rotatable bonds is 0. The van der Waals surface area contributed by atoms with Gasteiger partial charge in [-0.1, -0.05) is 23.2 Å². The zero-order valence-corrected chi connectivity index (χ0v) is 7.97. The fourth-order valence-corrected chi connectivity index (χ4v) is 1.67. The molecule has 0 aliphatic heterocycles. The molecule has 1 aromatic heterocycles. The molecule has 14 heavy (non-hydrogen) atoms. The number of hydrogen-bond donors (Lipinski definition) is 1. The third-order valence-corrected chi connectivity index (χ3v) is 2.37. The van der Waals surface area contributed by atoms with Gasteiger partial charge in [0.15, 0.2) is 23.1 Å². The van der Waals surface area contributed by atoms with Crippen LogP contribution >= 0.6 is 23.2 Å². The van der Waals surface area contributed by atoms with Crippen LogP contribution in [0.4, 0.5) is 0 Å². The van der Waals surface area contributed by atoms with E-state index < -0.39 is 0 Å². The minimum absolute atomic E-state index is 0. The number of aromatic hydroxyl groups is 1. The lowest BCUT2D eigenvalue weighted by molar-refractivity contribution is 0.480. The SMILES string of the molecule is Oc1c(Cl)cc(Cl)c2cccnc12.[AlH3]. The predicted molar refractivity (Wildman–Crippen MR) is 63.4 cm³/mol. The number of halogens is 2. The summed E-state index contributed by atoms with van der Waals surface area (Å²) in [4.78, 5) is 3.98. The van der Waals surface area contributed by atoms with Gasteiger partial charge in [0.25, 0.3) is 0 Å². The maximum Gasteiger partial charge on any atom is 0.187 e. The molecule has 1 heterocycles. The number of fused-ring (bicyclic) bond motifs is 1. The first-order valence-electron chi connectivity index (χ1n) is 3.62. The quantitative estimate of drug-likeness (QED) is 0.719. The second kappa shape index (κ2) is 4.38. The molecule has 0 radical (unpaired) electrons. The largest absolute Gasteiger partial charge is 0.504 e. The summed E-state index contributed by atoms with van der Waals surface area (Å²) in [6.45, 7) is 0. The molecule has 0 saturated heterocycles. The van der Waals surface area contributed by atoms with Gasteiger partial charge in [0, 0.05) is 11.6 Å². The van der Waals surface area contributed by atoms with E-state index in [9.17, 15) is 5.11 Å². The van der Waals surface area contributed by atoms with E-state index in [1.807, 2.05) is 0 Å². The zero-order valence-electron chi connectivity index (χ0n) is 6.46. The Bertz CT molecular complexity index is 476. The highest BCUT2D eigenvalue weighted by Crippen LogP contribution is 2.35. The van der Waals surface area contributed by atoms with Gasteiger partial charge < -0.3 is 5.11 Å². The van der Waals surface area contributed by atoms with Crippen LogP contribution in [0.2, 0.25) is 10.0 Å². The Hall–Kier alpha value is -0.458. The van der Waals surface area contributed by atoms with E-state index in [1.54, 1.807) is 18.3 Å². The van der Waals surface area contributed by atoms with E-state index in [4.69, 9.17) is 23.2 Å². The van der Waals surface area contributed by atoms with E-state index >= 15 is 0 Å². The summed E-state index contributed by atoms with van der Waals surface area (Å²) in [6.07, 6.45) is 1.58. The van der Waals surface area contributed by atoms with Crippen LogP contribution in [-0.2, 0) is 0 Å². The van der Waals surface area contributed by atoms with Crippen LogP contribution in [-0.4, -0.2) is 27.5 Å². The monoisotopic (exact) mass is 243 g/mol. The number of phenols is 1. The van der Waals surface area contributed by atoms with Crippen molar-refractivity contribution in [3.8, 4) is 5.75 Å². The highest BCUT2D eigenvalue weighted by molar-refractivity contribution is 6.39. The fraction of sp³-hybridized carbons (Fsp3) is 0. The second-order valence-electron chi connectivity index (χ2n) is 2.59. The number of aromatic nitrogens is 1. The van der Waals surface area contributed by atoms with Crippen LogP contribution in [0, 0.1) is 0 Å². The normalized spacial score (nSPS) is 9.86. The smallest absolute Gasteiger partial charge is 0.187 e. The molecule has 0 fully saturated rings. The molecule has 0 amide bonds. The average molecular weight is 244 g/mol. The number of benzene rings is 1. The molecule has 1 N–H and O–H groups in total. The average Bonchev–Trinajstić information content (AvgIpc) is 2.15. The topological polar surface area (TPSA) is 33.1 Å². The molecule has 2 nitrogen and oxygen atoms in total. The number of nitrogens with zero attached hydrogens (tertiary/aromatic N) is 1. The van der Waals surface area contributed by atoms with Crippen LogP contribution in [0.1, 0.15) is 0 Å². The second-order valence-corrected chi connectivity index (χ2v) is 3.40. The Morgan fingerprint density at radius 2 is 1.93 bits per heavy atom. The van der Waals surface area contributed by atoms with Gasteiger partial charge >= 0.3 is 0 Å². The summed E-state index contributed by atoms with van der Waals surface area (Å²) in [6, 6.07) is 5.03. The number of pyridine rings is 1. The zero-order chi connectivity index (χ0) is 9.42. The van der Waals surface area contributed by atoms with Crippen LogP contribution in [0.25, 0.3) is 10.9 Å². The van der Waals surface area contributed by atoms with E-state index in [0.717, 1.165) is 0 Å². The van der Waals surface area contributed by atoms with E-state index in [1.165, 1.54) is 6.07 Å². The van der Waals surface area contributed by atoms with E-state index in [2.05, 4.69) is 4.98 Å².